The summed E-state index contributed by atoms with van der Waals surface area (Å²) in [6.45, 7) is 3.53. The van der Waals surface area contributed by atoms with Gasteiger partial charge in [-0.05, 0) is 65.2 Å². The molecular formula is C38H34N6O5S. The molecule has 5 aromatic rings. The minimum Gasteiger partial charge on any atom is -0.489 e. The summed E-state index contributed by atoms with van der Waals surface area (Å²) in [6, 6.07) is 29.3. The first kappa shape index (κ1) is 32.8. The van der Waals surface area contributed by atoms with Crippen molar-refractivity contribution in [3.63, 3.8) is 0 Å². The molecule has 12 heteroatoms. The van der Waals surface area contributed by atoms with Crippen LogP contribution in [0.2, 0.25) is 0 Å². The number of ether oxygens (including phenoxy) is 2. The lowest BCUT2D eigenvalue weighted by Crippen LogP contribution is -2.48. The van der Waals surface area contributed by atoms with Gasteiger partial charge in [0.05, 0.1) is 35.4 Å². The maximum Gasteiger partial charge on any atom is 0.269 e. The largest absolute Gasteiger partial charge is 0.489 e. The number of nitrogens with zero attached hydrogens (tertiary/aromatic N) is 6. The molecule has 1 amide bonds. The third kappa shape index (κ3) is 6.39. The number of piperazine rings is 1. The fourth-order valence-corrected chi connectivity index (χ4v) is 8.07. The van der Waals surface area contributed by atoms with Crippen LogP contribution in [0, 0.1) is 22.7 Å². The van der Waals surface area contributed by atoms with Crippen LogP contribution in [0.3, 0.4) is 0 Å². The summed E-state index contributed by atoms with van der Waals surface area (Å²) < 4.78 is 41.6. The molecule has 50 heavy (non-hydrogen) atoms. The van der Waals surface area contributed by atoms with Gasteiger partial charge in [-0.2, -0.15) is 10.5 Å². The number of hydrogen-bond acceptors (Lipinski definition) is 9. The number of pyridine rings is 1. The fraction of sp³-hybridized carbons (Fsp3) is 0.263. The van der Waals surface area contributed by atoms with Gasteiger partial charge in [0, 0.05) is 56.3 Å². The van der Waals surface area contributed by atoms with E-state index in [1.54, 1.807) is 53.6 Å². The normalized spacial score (nSPS) is 15.4. The number of nitriles is 2. The summed E-state index contributed by atoms with van der Waals surface area (Å²) >= 11 is 0. The maximum absolute atomic E-state index is 14.3. The lowest BCUT2D eigenvalue weighted by atomic mass is 10.0. The fourth-order valence-electron chi connectivity index (χ4n) is 6.57. The number of aromatic nitrogens is 2. The molecule has 0 aliphatic carbocycles. The van der Waals surface area contributed by atoms with Crippen LogP contribution in [-0.2, 0) is 19.6 Å². The van der Waals surface area contributed by atoms with Crippen molar-refractivity contribution in [3.8, 4) is 40.3 Å². The summed E-state index contributed by atoms with van der Waals surface area (Å²) in [6.07, 6.45) is 2.95. The van der Waals surface area contributed by atoms with Gasteiger partial charge in [-0.25, -0.2) is 17.4 Å². The molecule has 4 heterocycles. The summed E-state index contributed by atoms with van der Waals surface area (Å²) in [4.78, 5) is 20.8. The van der Waals surface area contributed by atoms with Gasteiger partial charge in [-0.3, -0.25) is 4.79 Å². The minimum atomic E-state index is -4.08. The molecule has 0 atom stereocenters. The highest BCUT2D eigenvalue weighted by Gasteiger charge is 2.27. The number of carbonyl (C=O) groups excluding carboxylic acids is 1. The Hall–Kier alpha value is -5.69. The minimum absolute atomic E-state index is 0.0243. The second-order valence-electron chi connectivity index (χ2n) is 12.2. The first-order valence-electron chi connectivity index (χ1n) is 16.5. The van der Waals surface area contributed by atoms with Gasteiger partial charge < -0.3 is 19.3 Å². The van der Waals surface area contributed by atoms with E-state index in [9.17, 15) is 18.5 Å². The number of anilines is 1. The first-order chi connectivity index (χ1) is 24.4. The van der Waals surface area contributed by atoms with Crippen molar-refractivity contribution in [1.29, 1.82) is 10.5 Å². The third-order valence-corrected chi connectivity index (χ3v) is 10.9. The molecule has 0 spiro atoms. The van der Waals surface area contributed by atoms with E-state index in [0.717, 1.165) is 29.7 Å². The van der Waals surface area contributed by atoms with Gasteiger partial charge in [0.2, 0.25) is 5.91 Å². The Bertz CT molecular complexity index is 2230. The molecule has 0 unspecified atom stereocenters. The van der Waals surface area contributed by atoms with Crippen molar-refractivity contribution in [3.05, 3.63) is 96.7 Å². The Morgan fingerprint density at radius 1 is 0.900 bits per heavy atom. The second kappa shape index (κ2) is 14.0. The predicted octanol–water partition coefficient (Wildman–Crippen LogP) is 5.60. The topological polar surface area (TPSA) is 142 Å². The number of carbonyl (C=O) groups is 1. The van der Waals surface area contributed by atoms with Crippen LogP contribution in [0.25, 0.3) is 33.4 Å². The van der Waals surface area contributed by atoms with E-state index in [1.165, 1.54) is 3.97 Å². The molecular weight excluding hydrogens is 653 g/mol. The second-order valence-corrected chi connectivity index (χ2v) is 14.0. The van der Waals surface area contributed by atoms with Crippen molar-refractivity contribution in [1.82, 2.24) is 13.9 Å². The summed E-state index contributed by atoms with van der Waals surface area (Å²) in [5.74, 6) is 0.347. The summed E-state index contributed by atoms with van der Waals surface area (Å²) in [7, 11) is -4.08. The van der Waals surface area contributed by atoms with Crippen LogP contribution < -0.4 is 9.64 Å². The van der Waals surface area contributed by atoms with Crippen molar-refractivity contribution in [2.24, 2.45) is 0 Å². The Labute approximate surface area is 290 Å². The molecule has 0 N–H and O–H groups in total. The molecule has 2 saturated heterocycles. The Balaban J connectivity index is 1.27. The quantitative estimate of drug-likeness (QED) is 0.204. The molecule has 2 aliphatic heterocycles. The number of rotatable bonds is 8. The van der Waals surface area contributed by atoms with E-state index in [1.807, 2.05) is 48.5 Å². The van der Waals surface area contributed by atoms with Crippen LogP contribution in [-0.4, -0.2) is 73.7 Å². The van der Waals surface area contributed by atoms with Gasteiger partial charge in [-0.1, -0.05) is 36.4 Å². The average Bonchev–Trinajstić information content (AvgIpc) is 3.57. The smallest absolute Gasteiger partial charge is 0.269 e. The Morgan fingerprint density at radius 3 is 2.32 bits per heavy atom. The van der Waals surface area contributed by atoms with E-state index in [4.69, 9.17) is 14.7 Å². The summed E-state index contributed by atoms with van der Waals surface area (Å²) in [5.41, 5.74) is 4.19. The molecule has 0 saturated carbocycles. The third-order valence-electron chi connectivity index (χ3n) is 9.21. The van der Waals surface area contributed by atoms with Crippen LogP contribution in [0.1, 0.15) is 24.8 Å². The van der Waals surface area contributed by atoms with Crippen LogP contribution in [0.4, 0.5) is 5.69 Å². The standard InChI is InChI=1S/C38H34N6O5S/c39-16-12-37(45)43-20-18-42(19-21-43)30-9-6-27(7-10-30)35-25-34-33(13-17-41-38(34)44(35)50(46,47)32-4-2-1-3-5-32)28-8-11-36(29(24-28)26-40)49-31-14-22-48-23-15-31/h1-11,13,17,24-25,31H,12,14-15,18-23H2. The Kier molecular flexibility index (Phi) is 9.22. The zero-order chi connectivity index (χ0) is 34.7. The number of hydrogen-bond donors (Lipinski definition) is 0. The van der Waals surface area contributed by atoms with E-state index < -0.39 is 10.0 Å². The Morgan fingerprint density at radius 2 is 1.62 bits per heavy atom. The van der Waals surface area contributed by atoms with Gasteiger partial charge in [0.15, 0.2) is 5.65 Å². The molecule has 252 valence electrons. The van der Waals surface area contributed by atoms with Crippen LogP contribution >= 0.6 is 0 Å². The zero-order valence-corrected chi connectivity index (χ0v) is 28.1. The molecule has 11 nitrogen and oxygen atoms in total. The molecule has 0 radical (unpaired) electrons. The van der Waals surface area contributed by atoms with E-state index in [0.29, 0.717) is 67.3 Å². The van der Waals surface area contributed by atoms with Crippen LogP contribution in [0.5, 0.6) is 5.75 Å². The van der Waals surface area contributed by atoms with Crippen molar-refractivity contribution in [2.75, 3.05) is 44.3 Å². The number of benzene rings is 3. The molecule has 2 aromatic heterocycles. The molecule has 3 aromatic carbocycles. The molecule has 7 rings (SSSR count). The number of amides is 1. The molecule has 0 bridgehead atoms. The van der Waals surface area contributed by atoms with Gasteiger partial charge in [-0.15, -0.1) is 0 Å². The predicted molar refractivity (Wildman–Crippen MR) is 188 cm³/mol. The lowest BCUT2D eigenvalue weighted by molar-refractivity contribution is -0.130. The highest BCUT2D eigenvalue weighted by atomic mass is 32.2. The molecule has 2 fully saturated rings. The first-order valence-corrected chi connectivity index (χ1v) is 17.9. The highest BCUT2D eigenvalue weighted by molar-refractivity contribution is 7.90. The van der Waals surface area contributed by atoms with E-state index in [-0.39, 0.29) is 29.0 Å². The zero-order valence-electron chi connectivity index (χ0n) is 27.2. The lowest BCUT2D eigenvalue weighted by Gasteiger charge is -2.36. The monoisotopic (exact) mass is 686 g/mol. The van der Waals surface area contributed by atoms with E-state index >= 15 is 0 Å². The van der Waals surface area contributed by atoms with E-state index in [2.05, 4.69) is 16.0 Å². The van der Waals surface area contributed by atoms with Gasteiger partial charge in [0.25, 0.3) is 10.0 Å². The number of fused-ring (bicyclic) bond motifs is 1. The highest BCUT2D eigenvalue weighted by Crippen LogP contribution is 2.38. The van der Waals surface area contributed by atoms with Crippen molar-refractivity contribution < 1.29 is 22.7 Å². The van der Waals surface area contributed by atoms with Crippen LogP contribution in [0.15, 0.2) is 96.0 Å². The van der Waals surface area contributed by atoms with Crippen molar-refractivity contribution in [2.45, 2.75) is 30.3 Å². The molecule has 2 aliphatic rings. The maximum atomic E-state index is 14.3. The SMILES string of the molecule is N#CCC(=O)N1CCN(c2ccc(-c3cc4c(-c5ccc(OC6CCOCC6)c(C#N)c5)ccnc4n3S(=O)(=O)c3ccccc3)cc2)CC1. The van der Waals surface area contributed by atoms with Crippen molar-refractivity contribution >= 4 is 32.7 Å². The van der Waals surface area contributed by atoms with Gasteiger partial charge in [0.1, 0.15) is 24.3 Å². The van der Waals surface area contributed by atoms with Gasteiger partial charge >= 0.3 is 0 Å². The summed E-state index contributed by atoms with van der Waals surface area (Å²) in [5, 5.41) is 19.6. The average molecular weight is 687 g/mol.